The summed E-state index contributed by atoms with van der Waals surface area (Å²) in [6.45, 7) is 5.25. The van der Waals surface area contributed by atoms with Gasteiger partial charge in [-0.05, 0) is 36.6 Å². The molecule has 0 bridgehead atoms. The lowest BCUT2D eigenvalue weighted by atomic mass is 10.1. The van der Waals surface area contributed by atoms with Crippen molar-refractivity contribution in [3.8, 4) is 0 Å². The lowest BCUT2D eigenvalue weighted by molar-refractivity contribution is 0.0525. The molecule has 0 unspecified atom stereocenters. The Balaban J connectivity index is 1.52. The van der Waals surface area contributed by atoms with Gasteiger partial charge in [0.25, 0.3) is 0 Å². The average molecular weight is 364 g/mol. The number of rotatable bonds is 8. The number of aliphatic hydroxyl groups is 1. The second kappa shape index (κ2) is 9.21. The van der Waals surface area contributed by atoms with E-state index in [4.69, 9.17) is 0 Å². The molecular formula is C19H26F2N4O. The molecule has 26 heavy (non-hydrogen) atoms. The van der Waals surface area contributed by atoms with E-state index < -0.39 is 11.6 Å². The van der Waals surface area contributed by atoms with Gasteiger partial charge >= 0.3 is 0 Å². The highest BCUT2D eigenvalue weighted by Gasteiger charge is 2.26. The second-order valence-corrected chi connectivity index (χ2v) is 6.81. The number of halogens is 2. The van der Waals surface area contributed by atoms with Crippen LogP contribution in [0.5, 0.6) is 0 Å². The number of piperazine rings is 1. The molecule has 3 rings (SSSR count). The fraction of sp³-hybridized carbons (Fsp3) is 0.526. The quantitative estimate of drug-likeness (QED) is 0.779. The maximum Gasteiger partial charge on any atom is 0.159 e. The van der Waals surface area contributed by atoms with Gasteiger partial charge in [0.1, 0.15) is 0 Å². The van der Waals surface area contributed by atoms with Crippen LogP contribution in [0.1, 0.15) is 18.4 Å². The SMILES string of the molecule is OCC[C@@H]1CN(CCCn2cccn2)CCN1Cc1ccc(F)c(F)c1. The first-order chi connectivity index (χ1) is 12.7. The monoisotopic (exact) mass is 364 g/mol. The molecule has 1 saturated heterocycles. The van der Waals surface area contributed by atoms with Crippen LogP contribution in [0.25, 0.3) is 0 Å². The Morgan fingerprint density at radius 3 is 2.77 bits per heavy atom. The molecule has 1 aromatic carbocycles. The van der Waals surface area contributed by atoms with E-state index >= 15 is 0 Å². The topological polar surface area (TPSA) is 44.5 Å². The molecule has 2 aromatic rings. The molecule has 5 nitrogen and oxygen atoms in total. The molecule has 1 aliphatic heterocycles. The third kappa shape index (κ3) is 5.09. The average Bonchev–Trinajstić information content (AvgIpc) is 3.14. The first-order valence-corrected chi connectivity index (χ1v) is 9.14. The van der Waals surface area contributed by atoms with Gasteiger partial charge in [0.15, 0.2) is 11.6 Å². The van der Waals surface area contributed by atoms with Gasteiger partial charge in [0, 0.05) is 64.3 Å². The van der Waals surface area contributed by atoms with Crippen LogP contribution in [0.15, 0.2) is 36.7 Å². The summed E-state index contributed by atoms with van der Waals surface area (Å²) in [5, 5.41) is 13.6. The summed E-state index contributed by atoms with van der Waals surface area (Å²) < 4.78 is 28.5. The summed E-state index contributed by atoms with van der Waals surface area (Å²) in [5.74, 6) is -1.62. The molecular weight excluding hydrogens is 338 g/mol. The number of aryl methyl sites for hydroxylation is 1. The van der Waals surface area contributed by atoms with Crippen LogP contribution >= 0.6 is 0 Å². The number of aliphatic hydroxyl groups excluding tert-OH is 1. The van der Waals surface area contributed by atoms with E-state index in [9.17, 15) is 13.9 Å². The van der Waals surface area contributed by atoms with E-state index in [2.05, 4.69) is 14.9 Å². The maximum atomic E-state index is 13.4. The first kappa shape index (κ1) is 18.9. The van der Waals surface area contributed by atoms with Crippen LogP contribution in [0.2, 0.25) is 0 Å². The minimum atomic E-state index is -0.817. The third-order valence-electron chi connectivity index (χ3n) is 4.94. The second-order valence-electron chi connectivity index (χ2n) is 6.81. The Bertz CT molecular complexity index is 680. The number of nitrogens with zero attached hydrogens (tertiary/aromatic N) is 4. The zero-order valence-corrected chi connectivity index (χ0v) is 14.9. The summed E-state index contributed by atoms with van der Waals surface area (Å²) in [4.78, 5) is 4.67. The molecule has 0 saturated carbocycles. The Labute approximate surface area is 152 Å². The van der Waals surface area contributed by atoms with Crippen LogP contribution < -0.4 is 0 Å². The third-order valence-corrected chi connectivity index (χ3v) is 4.94. The fourth-order valence-corrected chi connectivity index (χ4v) is 3.55. The van der Waals surface area contributed by atoms with Gasteiger partial charge < -0.3 is 10.0 Å². The van der Waals surface area contributed by atoms with Crippen LogP contribution in [-0.4, -0.2) is 63.5 Å². The molecule has 142 valence electrons. The summed E-state index contributed by atoms with van der Waals surface area (Å²) in [6, 6.07) is 6.21. The Morgan fingerprint density at radius 1 is 1.15 bits per heavy atom. The molecule has 0 aliphatic carbocycles. The lowest BCUT2D eigenvalue weighted by Gasteiger charge is -2.41. The molecule has 2 heterocycles. The maximum absolute atomic E-state index is 13.4. The van der Waals surface area contributed by atoms with Crippen LogP contribution in [0, 0.1) is 11.6 Å². The predicted molar refractivity (Wildman–Crippen MR) is 95.5 cm³/mol. The molecule has 0 radical (unpaired) electrons. The predicted octanol–water partition coefficient (Wildman–Crippen LogP) is 2.12. The summed E-state index contributed by atoms with van der Waals surface area (Å²) >= 11 is 0. The number of aromatic nitrogens is 2. The summed E-state index contributed by atoms with van der Waals surface area (Å²) in [5.41, 5.74) is 0.763. The van der Waals surface area contributed by atoms with Gasteiger partial charge in [-0.15, -0.1) is 0 Å². The van der Waals surface area contributed by atoms with E-state index in [0.717, 1.165) is 44.7 Å². The van der Waals surface area contributed by atoms with Crippen molar-refractivity contribution in [2.75, 3.05) is 32.8 Å². The molecule has 1 aromatic heterocycles. The van der Waals surface area contributed by atoms with Gasteiger partial charge in [0.05, 0.1) is 0 Å². The summed E-state index contributed by atoms with van der Waals surface area (Å²) in [6.07, 6.45) is 5.46. The highest BCUT2D eigenvalue weighted by atomic mass is 19.2. The summed E-state index contributed by atoms with van der Waals surface area (Å²) in [7, 11) is 0. The number of hydrogen-bond acceptors (Lipinski definition) is 4. The van der Waals surface area contributed by atoms with E-state index in [1.807, 2.05) is 16.9 Å². The minimum Gasteiger partial charge on any atom is -0.396 e. The molecule has 0 amide bonds. The Morgan fingerprint density at radius 2 is 2.04 bits per heavy atom. The molecule has 0 spiro atoms. The van der Waals surface area contributed by atoms with Crippen molar-refractivity contribution in [3.63, 3.8) is 0 Å². The van der Waals surface area contributed by atoms with Crippen molar-refractivity contribution in [1.82, 2.24) is 19.6 Å². The van der Waals surface area contributed by atoms with Crippen molar-refractivity contribution in [1.29, 1.82) is 0 Å². The Hall–Kier alpha value is -1.83. The van der Waals surface area contributed by atoms with E-state index in [-0.39, 0.29) is 12.6 Å². The van der Waals surface area contributed by atoms with Crippen molar-refractivity contribution in [2.45, 2.75) is 32.0 Å². The molecule has 1 N–H and O–H groups in total. The van der Waals surface area contributed by atoms with E-state index in [1.54, 1.807) is 12.3 Å². The lowest BCUT2D eigenvalue weighted by Crippen LogP contribution is -2.53. The van der Waals surface area contributed by atoms with Gasteiger partial charge in [-0.3, -0.25) is 9.58 Å². The highest BCUT2D eigenvalue weighted by molar-refractivity contribution is 5.18. The number of hydrogen-bond donors (Lipinski definition) is 1. The molecule has 1 aliphatic rings. The van der Waals surface area contributed by atoms with Crippen molar-refractivity contribution < 1.29 is 13.9 Å². The zero-order valence-electron chi connectivity index (χ0n) is 14.9. The van der Waals surface area contributed by atoms with Crippen molar-refractivity contribution in [3.05, 3.63) is 53.9 Å². The van der Waals surface area contributed by atoms with Crippen molar-refractivity contribution >= 4 is 0 Å². The van der Waals surface area contributed by atoms with Gasteiger partial charge in [-0.2, -0.15) is 5.10 Å². The first-order valence-electron chi connectivity index (χ1n) is 9.14. The highest BCUT2D eigenvalue weighted by Crippen LogP contribution is 2.18. The van der Waals surface area contributed by atoms with Crippen molar-refractivity contribution in [2.24, 2.45) is 0 Å². The molecule has 1 atom stereocenters. The fourth-order valence-electron chi connectivity index (χ4n) is 3.55. The largest absolute Gasteiger partial charge is 0.396 e. The van der Waals surface area contributed by atoms with Gasteiger partial charge in [-0.25, -0.2) is 8.78 Å². The number of benzene rings is 1. The van der Waals surface area contributed by atoms with Crippen LogP contribution in [0.3, 0.4) is 0 Å². The van der Waals surface area contributed by atoms with E-state index in [0.29, 0.717) is 13.0 Å². The Kier molecular flexibility index (Phi) is 6.71. The van der Waals surface area contributed by atoms with Gasteiger partial charge in [0.2, 0.25) is 0 Å². The van der Waals surface area contributed by atoms with E-state index in [1.165, 1.54) is 12.1 Å². The minimum absolute atomic E-state index is 0.125. The molecule has 7 heteroatoms. The smallest absolute Gasteiger partial charge is 0.159 e. The van der Waals surface area contributed by atoms with Crippen LogP contribution in [0.4, 0.5) is 8.78 Å². The normalized spacial score (nSPS) is 19.1. The van der Waals surface area contributed by atoms with Crippen LogP contribution in [-0.2, 0) is 13.1 Å². The zero-order chi connectivity index (χ0) is 18.4. The molecule has 1 fully saturated rings. The standard InChI is InChI=1S/C19H26F2N4O/c20-18-4-3-16(13-19(18)21)14-24-11-10-23(15-17(24)5-12-26)7-2-9-25-8-1-6-22-25/h1,3-4,6,8,13,17,26H,2,5,7,9-12,14-15H2/t17-/m1/s1. The van der Waals surface area contributed by atoms with Gasteiger partial charge in [-0.1, -0.05) is 6.07 Å².